The zero-order valence-electron chi connectivity index (χ0n) is 13.6. The number of hydrogen-bond donors (Lipinski definition) is 1. The van der Waals surface area contributed by atoms with Gasteiger partial charge in [0.1, 0.15) is 13.2 Å². The highest BCUT2D eigenvalue weighted by molar-refractivity contribution is 6.32. The number of carbonyl (C=O) groups is 1. The largest absolute Gasteiger partial charge is 0.503 e. The standard InChI is InChI=1S/C19H17ClO5/c1-2-23-18-10-12(9-14(20)19(18)22)3-5-15(21)13-4-6-16-17(11-13)25-8-7-24-16/h3-6,9-11,22H,2,7-8H2,1H3. The Balaban J connectivity index is 1.81. The molecule has 5 nitrogen and oxygen atoms in total. The van der Waals surface area contributed by atoms with E-state index in [-0.39, 0.29) is 22.3 Å². The van der Waals surface area contributed by atoms with Crippen molar-refractivity contribution in [3.05, 3.63) is 52.6 Å². The minimum atomic E-state index is -0.181. The van der Waals surface area contributed by atoms with E-state index in [0.717, 1.165) is 0 Å². The highest BCUT2D eigenvalue weighted by Crippen LogP contribution is 2.36. The van der Waals surface area contributed by atoms with Gasteiger partial charge in [-0.3, -0.25) is 4.79 Å². The van der Waals surface area contributed by atoms with E-state index in [1.165, 1.54) is 6.08 Å². The van der Waals surface area contributed by atoms with Gasteiger partial charge in [-0.2, -0.15) is 0 Å². The molecule has 25 heavy (non-hydrogen) atoms. The fourth-order valence-corrected chi connectivity index (χ4v) is 2.64. The van der Waals surface area contributed by atoms with E-state index in [4.69, 9.17) is 25.8 Å². The average Bonchev–Trinajstić information content (AvgIpc) is 2.63. The molecule has 0 unspecified atom stereocenters. The summed E-state index contributed by atoms with van der Waals surface area (Å²) in [5.41, 5.74) is 1.15. The van der Waals surface area contributed by atoms with Gasteiger partial charge in [-0.25, -0.2) is 0 Å². The summed E-state index contributed by atoms with van der Waals surface area (Å²) < 4.78 is 16.3. The molecule has 6 heteroatoms. The highest BCUT2D eigenvalue weighted by Gasteiger charge is 2.14. The number of phenols is 1. The van der Waals surface area contributed by atoms with Crippen LogP contribution in [-0.2, 0) is 0 Å². The lowest BCUT2D eigenvalue weighted by atomic mass is 10.1. The molecule has 0 aliphatic carbocycles. The zero-order valence-corrected chi connectivity index (χ0v) is 14.4. The van der Waals surface area contributed by atoms with Crippen molar-refractivity contribution in [2.75, 3.05) is 19.8 Å². The van der Waals surface area contributed by atoms with Crippen LogP contribution in [-0.4, -0.2) is 30.7 Å². The van der Waals surface area contributed by atoms with E-state index < -0.39 is 0 Å². The Morgan fingerprint density at radius 2 is 2.00 bits per heavy atom. The number of hydrogen-bond acceptors (Lipinski definition) is 5. The summed E-state index contributed by atoms with van der Waals surface area (Å²) in [7, 11) is 0. The van der Waals surface area contributed by atoms with E-state index in [1.807, 2.05) is 0 Å². The van der Waals surface area contributed by atoms with E-state index in [1.54, 1.807) is 43.3 Å². The summed E-state index contributed by atoms with van der Waals surface area (Å²) in [5, 5.41) is 10.0. The predicted molar refractivity (Wildman–Crippen MR) is 95.1 cm³/mol. The van der Waals surface area contributed by atoms with E-state index in [2.05, 4.69) is 0 Å². The van der Waals surface area contributed by atoms with Crippen LogP contribution in [0.5, 0.6) is 23.0 Å². The number of allylic oxidation sites excluding steroid dienone is 1. The van der Waals surface area contributed by atoms with Gasteiger partial charge < -0.3 is 19.3 Å². The first-order valence-electron chi connectivity index (χ1n) is 7.86. The lowest BCUT2D eigenvalue weighted by molar-refractivity contribution is 0.104. The Bertz CT molecular complexity index is 829. The quantitative estimate of drug-likeness (QED) is 0.642. The van der Waals surface area contributed by atoms with Crippen LogP contribution in [0.15, 0.2) is 36.4 Å². The summed E-state index contributed by atoms with van der Waals surface area (Å²) >= 11 is 5.99. The summed E-state index contributed by atoms with van der Waals surface area (Å²) in [6.07, 6.45) is 3.05. The second kappa shape index (κ2) is 7.49. The summed E-state index contributed by atoms with van der Waals surface area (Å²) in [4.78, 5) is 12.4. The molecule has 0 aromatic heterocycles. The van der Waals surface area contributed by atoms with E-state index >= 15 is 0 Å². The molecule has 0 saturated carbocycles. The van der Waals surface area contributed by atoms with Crippen LogP contribution in [0.3, 0.4) is 0 Å². The monoisotopic (exact) mass is 360 g/mol. The third-order valence-electron chi connectivity index (χ3n) is 3.60. The van der Waals surface area contributed by atoms with Crippen LogP contribution in [0.4, 0.5) is 0 Å². The number of ketones is 1. The van der Waals surface area contributed by atoms with E-state index in [0.29, 0.717) is 42.4 Å². The molecule has 3 rings (SSSR count). The van der Waals surface area contributed by atoms with Crippen LogP contribution in [0, 0.1) is 0 Å². The topological polar surface area (TPSA) is 65.0 Å². The van der Waals surface area contributed by atoms with Gasteiger partial charge >= 0.3 is 0 Å². The molecule has 0 bridgehead atoms. The number of carbonyl (C=O) groups excluding carboxylic acids is 1. The Labute approximate surface area is 150 Å². The van der Waals surface area contributed by atoms with Crippen molar-refractivity contribution < 1.29 is 24.1 Å². The van der Waals surface area contributed by atoms with Crippen LogP contribution in [0.25, 0.3) is 6.08 Å². The Morgan fingerprint density at radius 1 is 1.24 bits per heavy atom. The van der Waals surface area contributed by atoms with Crippen LogP contribution >= 0.6 is 11.6 Å². The van der Waals surface area contributed by atoms with Crippen LogP contribution in [0.1, 0.15) is 22.8 Å². The molecular weight excluding hydrogens is 344 g/mol. The van der Waals surface area contributed by atoms with Gasteiger partial charge in [0.05, 0.1) is 11.6 Å². The first kappa shape index (κ1) is 17.2. The van der Waals surface area contributed by atoms with Gasteiger partial charge in [-0.05, 0) is 48.9 Å². The fourth-order valence-electron chi connectivity index (χ4n) is 2.42. The van der Waals surface area contributed by atoms with Crippen molar-refractivity contribution in [1.82, 2.24) is 0 Å². The van der Waals surface area contributed by atoms with E-state index in [9.17, 15) is 9.90 Å². The maximum absolute atomic E-state index is 12.4. The molecule has 1 aliphatic heterocycles. The second-order valence-electron chi connectivity index (χ2n) is 5.34. The van der Waals surface area contributed by atoms with Gasteiger partial charge in [0.25, 0.3) is 0 Å². The Hall–Kier alpha value is -2.66. The van der Waals surface area contributed by atoms with Gasteiger partial charge in [0.2, 0.25) is 0 Å². The lowest BCUT2D eigenvalue weighted by Gasteiger charge is -2.18. The van der Waals surface area contributed by atoms with Crippen LogP contribution in [0.2, 0.25) is 5.02 Å². The van der Waals surface area contributed by atoms with Gasteiger partial charge in [-0.1, -0.05) is 17.7 Å². The molecule has 130 valence electrons. The summed E-state index contributed by atoms with van der Waals surface area (Å²) in [5.74, 6) is 1.19. The summed E-state index contributed by atoms with van der Waals surface area (Å²) in [6.45, 7) is 3.17. The average molecular weight is 361 g/mol. The minimum absolute atomic E-state index is 0.112. The number of ether oxygens (including phenoxy) is 3. The second-order valence-corrected chi connectivity index (χ2v) is 5.75. The number of aromatic hydroxyl groups is 1. The van der Waals surface area contributed by atoms with Crippen molar-refractivity contribution in [3.63, 3.8) is 0 Å². The predicted octanol–water partition coefficient (Wildman–Crippen LogP) is 4.11. The zero-order chi connectivity index (χ0) is 17.8. The normalized spacial score (nSPS) is 13.0. The molecule has 0 amide bonds. The van der Waals surface area contributed by atoms with Gasteiger partial charge in [0.15, 0.2) is 28.8 Å². The first-order valence-corrected chi connectivity index (χ1v) is 8.23. The van der Waals surface area contributed by atoms with Crippen molar-refractivity contribution in [1.29, 1.82) is 0 Å². The molecular formula is C19H17ClO5. The Kier molecular flexibility index (Phi) is 5.14. The molecule has 2 aromatic rings. The van der Waals surface area contributed by atoms with Gasteiger partial charge in [-0.15, -0.1) is 0 Å². The number of fused-ring (bicyclic) bond motifs is 1. The van der Waals surface area contributed by atoms with Crippen molar-refractivity contribution in [3.8, 4) is 23.0 Å². The molecule has 0 atom stereocenters. The molecule has 1 aliphatic rings. The van der Waals surface area contributed by atoms with Crippen molar-refractivity contribution in [2.45, 2.75) is 6.92 Å². The molecule has 0 spiro atoms. The van der Waals surface area contributed by atoms with Crippen molar-refractivity contribution >= 4 is 23.5 Å². The minimum Gasteiger partial charge on any atom is -0.503 e. The number of benzene rings is 2. The smallest absolute Gasteiger partial charge is 0.185 e. The lowest BCUT2D eigenvalue weighted by Crippen LogP contribution is -2.15. The SMILES string of the molecule is CCOc1cc(C=CC(=O)c2ccc3c(c2)OCCO3)cc(Cl)c1O. The highest BCUT2D eigenvalue weighted by atomic mass is 35.5. The summed E-state index contributed by atoms with van der Waals surface area (Å²) in [6, 6.07) is 8.26. The molecule has 1 heterocycles. The maximum Gasteiger partial charge on any atom is 0.185 e. The molecule has 0 fully saturated rings. The molecule has 1 N–H and O–H groups in total. The van der Waals surface area contributed by atoms with Gasteiger partial charge in [0, 0.05) is 5.56 Å². The number of rotatable bonds is 5. The third-order valence-corrected chi connectivity index (χ3v) is 3.89. The first-order chi connectivity index (χ1) is 12.1. The fraction of sp³-hybridized carbons (Fsp3) is 0.211. The molecule has 2 aromatic carbocycles. The maximum atomic E-state index is 12.4. The number of halogens is 1. The number of phenolic OH excluding ortho intramolecular Hbond substituents is 1. The Morgan fingerprint density at radius 3 is 2.76 bits per heavy atom. The van der Waals surface area contributed by atoms with Crippen molar-refractivity contribution in [2.24, 2.45) is 0 Å². The molecule has 0 saturated heterocycles. The molecule has 0 radical (unpaired) electrons. The third kappa shape index (κ3) is 3.88. The van der Waals surface area contributed by atoms with Crippen LogP contribution < -0.4 is 14.2 Å².